The Morgan fingerprint density at radius 2 is 1.68 bits per heavy atom. The summed E-state index contributed by atoms with van der Waals surface area (Å²) in [6, 6.07) is 9.08. The summed E-state index contributed by atoms with van der Waals surface area (Å²) in [6.45, 7) is 6.67. The van der Waals surface area contributed by atoms with Gasteiger partial charge in [0.05, 0.1) is 5.69 Å². The van der Waals surface area contributed by atoms with E-state index in [1.165, 1.54) is 17.2 Å². The van der Waals surface area contributed by atoms with Crippen LogP contribution in [0.4, 0.5) is 25.0 Å². The van der Waals surface area contributed by atoms with Crippen LogP contribution in [0.3, 0.4) is 0 Å². The van der Waals surface area contributed by atoms with Crippen LogP contribution in [0.1, 0.15) is 11.1 Å². The molecule has 0 spiro atoms. The fraction of sp³-hybridized carbons (Fsp3) is 0.316. The Labute approximate surface area is 146 Å². The van der Waals surface area contributed by atoms with Crippen molar-refractivity contribution >= 4 is 17.4 Å². The highest BCUT2D eigenvalue weighted by Crippen LogP contribution is 2.21. The number of halogens is 2. The van der Waals surface area contributed by atoms with E-state index >= 15 is 0 Å². The first kappa shape index (κ1) is 17.2. The second-order valence-electron chi connectivity index (χ2n) is 6.30. The number of piperazine rings is 1. The van der Waals surface area contributed by atoms with Gasteiger partial charge in [-0.3, -0.25) is 0 Å². The third kappa shape index (κ3) is 3.90. The molecule has 1 N–H and O–H groups in total. The molecule has 132 valence electrons. The van der Waals surface area contributed by atoms with E-state index in [0.717, 1.165) is 17.8 Å². The van der Waals surface area contributed by atoms with Gasteiger partial charge < -0.3 is 15.1 Å². The largest absolute Gasteiger partial charge is 0.368 e. The maximum Gasteiger partial charge on any atom is 0.322 e. The molecular weight excluding hydrogens is 324 g/mol. The molecule has 1 aliphatic heterocycles. The lowest BCUT2D eigenvalue weighted by Crippen LogP contribution is -2.50. The number of amides is 2. The summed E-state index contributed by atoms with van der Waals surface area (Å²) in [5.74, 6) is -1.44. The number of carbonyl (C=O) groups is 1. The first-order chi connectivity index (χ1) is 11.9. The van der Waals surface area contributed by atoms with Crippen LogP contribution in [0.2, 0.25) is 0 Å². The quantitative estimate of drug-likeness (QED) is 0.895. The Morgan fingerprint density at radius 3 is 2.32 bits per heavy atom. The summed E-state index contributed by atoms with van der Waals surface area (Å²) >= 11 is 0. The molecule has 0 aliphatic carbocycles. The molecule has 0 bridgehead atoms. The number of nitrogens with one attached hydrogen (secondary N) is 1. The molecule has 1 heterocycles. The van der Waals surface area contributed by atoms with E-state index in [4.69, 9.17) is 0 Å². The summed E-state index contributed by atoms with van der Waals surface area (Å²) in [7, 11) is 0. The minimum Gasteiger partial charge on any atom is -0.368 e. The highest BCUT2D eigenvalue weighted by atomic mass is 19.1. The molecule has 0 radical (unpaired) electrons. The number of urea groups is 1. The van der Waals surface area contributed by atoms with Crippen molar-refractivity contribution in [2.75, 3.05) is 36.4 Å². The van der Waals surface area contributed by atoms with Gasteiger partial charge in [-0.05, 0) is 49.2 Å². The lowest BCUT2D eigenvalue weighted by Gasteiger charge is -2.36. The number of benzene rings is 2. The van der Waals surface area contributed by atoms with Gasteiger partial charge in [0, 0.05) is 37.9 Å². The summed E-state index contributed by atoms with van der Waals surface area (Å²) in [5, 5.41) is 2.51. The normalized spacial score (nSPS) is 14.6. The Balaban J connectivity index is 1.59. The average Bonchev–Trinajstić information content (AvgIpc) is 2.60. The number of rotatable bonds is 2. The zero-order chi connectivity index (χ0) is 18.0. The Kier molecular flexibility index (Phi) is 4.88. The Bertz CT molecular complexity index is 786. The number of nitrogens with zero attached hydrogens (tertiary/aromatic N) is 2. The number of aryl methyl sites for hydroxylation is 2. The van der Waals surface area contributed by atoms with E-state index in [0.29, 0.717) is 26.2 Å². The molecule has 0 aromatic heterocycles. The van der Waals surface area contributed by atoms with Gasteiger partial charge in [0.25, 0.3) is 0 Å². The Hall–Kier alpha value is -2.63. The van der Waals surface area contributed by atoms with Crippen molar-refractivity contribution in [2.24, 2.45) is 0 Å². The maximum absolute atomic E-state index is 13.7. The lowest BCUT2D eigenvalue weighted by atomic mass is 10.1. The van der Waals surface area contributed by atoms with Crippen LogP contribution in [0.15, 0.2) is 36.4 Å². The van der Waals surface area contributed by atoms with Crippen LogP contribution in [0, 0.1) is 25.5 Å². The monoisotopic (exact) mass is 345 g/mol. The van der Waals surface area contributed by atoms with Gasteiger partial charge in [-0.1, -0.05) is 6.07 Å². The molecule has 0 saturated carbocycles. The van der Waals surface area contributed by atoms with E-state index in [1.54, 1.807) is 4.90 Å². The smallest absolute Gasteiger partial charge is 0.322 e. The van der Waals surface area contributed by atoms with E-state index in [-0.39, 0.29) is 11.7 Å². The molecular formula is C19H21F2N3O. The average molecular weight is 345 g/mol. The van der Waals surface area contributed by atoms with Gasteiger partial charge in [-0.15, -0.1) is 0 Å². The van der Waals surface area contributed by atoms with Gasteiger partial charge in [0.1, 0.15) is 11.6 Å². The standard InChI is InChI=1S/C19H21F2N3O/c1-13-3-5-16(11-14(13)2)23-7-9-24(10-8-23)19(25)22-18-6-4-15(20)12-17(18)21/h3-6,11-12H,7-10H2,1-2H3,(H,22,25). The van der Waals surface area contributed by atoms with Crippen LogP contribution in [0.25, 0.3) is 0 Å². The number of anilines is 2. The van der Waals surface area contributed by atoms with Crippen LogP contribution in [0.5, 0.6) is 0 Å². The van der Waals surface area contributed by atoms with Gasteiger partial charge in [-0.25, -0.2) is 13.6 Å². The molecule has 25 heavy (non-hydrogen) atoms. The van der Waals surface area contributed by atoms with Crippen molar-refractivity contribution in [1.29, 1.82) is 0 Å². The van der Waals surface area contributed by atoms with Crippen molar-refractivity contribution in [1.82, 2.24) is 4.90 Å². The SMILES string of the molecule is Cc1ccc(N2CCN(C(=O)Nc3ccc(F)cc3F)CC2)cc1C. The van der Waals surface area contributed by atoms with E-state index < -0.39 is 11.6 Å². The van der Waals surface area contributed by atoms with Gasteiger partial charge >= 0.3 is 6.03 Å². The van der Waals surface area contributed by atoms with Crippen molar-refractivity contribution in [3.63, 3.8) is 0 Å². The van der Waals surface area contributed by atoms with Crippen LogP contribution in [-0.2, 0) is 0 Å². The summed E-state index contributed by atoms with van der Waals surface area (Å²) < 4.78 is 26.6. The van der Waals surface area contributed by atoms with Crippen LogP contribution in [-0.4, -0.2) is 37.1 Å². The predicted octanol–water partition coefficient (Wildman–Crippen LogP) is 3.94. The molecule has 1 aliphatic rings. The highest BCUT2D eigenvalue weighted by Gasteiger charge is 2.22. The Morgan fingerprint density at radius 1 is 0.960 bits per heavy atom. The molecule has 2 amide bonds. The molecule has 1 saturated heterocycles. The van der Waals surface area contributed by atoms with E-state index in [9.17, 15) is 13.6 Å². The first-order valence-electron chi connectivity index (χ1n) is 8.27. The fourth-order valence-electron chi connectivity index (χ4n) is 2.88. The topological polar surface area (TPSA) is 35.6 Å². The van der Waals surface area contributed by atoms with Crippen molar-refractivity contribution in [3.05, 3.63) is 59.2 Å². The summed E-state index contributed by atoms with van der Waals surface area (Å²) in [4.78, 5) is 16.2. The van der Waals surface area contributed by atoms with Crippen molar-refractivity contribution in [3.8, 4) is 0 Å². The molecule has 2 aromatic carbocycles. The molecule has 1 fully saturated rings. The van der Waals surface area contributed by atoms with Crippen molar-refractivity contribution < 1.29 is 13.6 Å². The van der Waals surface area contributed by atoms with Gasteiger partial charge in [0.15, 0.2) is 0 Å². The first-order valence-corrected chi connectivity index (χ1v) is 8.27. The fourth-order valence-corrected chi connectivity index (χ4v) is 2.88. The van der Waals surface area contributed by atoms with Gasteiger partial charge in [0.2, 0.25) is 0 Å². The second-order valence-corrected chi connectivity index (χ2v) is 6.30. The van der Waals surface area contributed by atoms with Gasteiger partial charge in [-0.2, -0.15) is 0 Å². The number of hydrogen-bond donors (Lipinski definition) is 1. The van der Waals surface area contributed by atoms with Crippen LogP contribution >= 0.6 is 0 Å². The van der Waals surface area contributed by atoms with Crippen LogP contribution < -0.4 is 10.2 Å². The van der Waals surface area contributed by atoms with E-state index in [1.807, 2.05) is 0 Å². The minimum absolute atomic E-state index is 0.0111. The maximum atomic E-state index is 13.7. The molecule has 2 aromatic rings. The molecule has 6 heteroatoms. The second kappa shape index (κ2) is 7.09. The third-order valence-electron chi connectivity index (χ3n) is 4.60. The van der Waals surface area contributed by atoms with Crippen molar-refractivity contribution in [2.45, 2.75) is 13.8 Å². The lowest BCUT2D eigenvalue weighted by molar-refractivity contribution is 0.208. The highest BCUT2D eigenvalue weighted by molar-refractivity contribution is 5.89. The predicted molar refractivity (Wildman–Crippen MR) is 95.1 cm³/mol. The molecule has 0 unspecified atom stereocenters. The summed E-state index contributed by atoms with van der Waals surface area (Å²) in [5.41, 5.74) is 3.63. The molecule has 0 atom stereocenters. The minimum atomic E-state index is -0.776. The molecule has 3 rings (SSSR count). The number of carbonyl (C=O) groups excluding carboxylic acids is 1. The zero-order valence-corrected chi connectivity index (χ0v) is 14.4. The van der Waals surface area contributed by atoms with E-state index in [2.05, 4.69) is 42.3 Å². The molecule has 4 nitrogen and oxygen atoms in total. The number of hydrogen-bond acceptors (Lipinski definition) is 2. The third-order valence-corrected chi connectivity index (χ3v) is 4.60. The summed E-state index contributed by atoms with van der Waals surface area (Å²) in [6.07, 6.45) is 0. The zero-order valence-electron chi connectivity index (χ0n) is 14.4.